The van der Waals surface area contributed by atoms with Crippen LogP contribution >= 0.6 is 0 Å². The number of aliphatic hydroxyl groups is 1. The van der Waals surface area contributed by atoms with Gasteiger partial charge in [0.25, 0.3) is 0 Å². The van der Waals surface area contributed by atoms with Gasteiger partial charge in [-0.05, 0) is 39.7 Å². The fraction of sp³-hybridized carbons (Fsp3) is 0.667. The smallest absolute Gasteiger partial charge is 0.191 e. The van der Waals surface area contributed by atoms with Crippen LogP contribution in [0, 0.1) is 5.92 Å². The average molecular weight is 380 g/mol. The molecule has 0 radical (unpaired) electrons. The average Bonchev–Trinajstić information content (AvgIpc) is 2.57. The molecular weight excluding hydrogens is 342 g/mol. The molecule has 1 atom stereocenters. The number of rotatable bonds is 10. The first-order valence-corrected chi connectivity index (χ1v) is 9.76. The zero-order valence-electron chi connectivity index (χ0n) is 17.7. The summed E-state index contributed by atoms with van der Waals surface area (Å²) >= 11 is 0. The topological polar surface area (TPSA) is 75.1 Å². The van der Waals surface area contributed by atoms with Crippen molar-refractivity contribution >= 4 is 5.96 Å². The molecule has 0 fully saturated rings. The Kier molecular flexibility index (Phi) is 10.2. The summed E-state index contributed by atoms with van der Waals surface area (Å²) in [5, 5.41) is 16.4. The standard InChI is InChI=1S/C21H37N3O3/c1-7-22-20(24-13-18(25)15-26-14-16(2)3)23-12-17-10-8-9-11-19(17)27-21(4,5)6/h8-11,16,18,25H,7,12-15H2,1-6H3,(H2,22,23,24). The minimum absolute atomic E-state index is 0.261. The van der Waals surface area contributed by atoms with Crippen molar-refractivity contribution in [1.82, 2.24) is 10.6 Å². The molecule has 0 aromatic heterocycles. The molecule has 0 saturated heterocycles. The molecule has 0 amide bonds. The lowest BCUT2D eigenvalue weighted by atomic mass is 10.1. The van der Waals surface area contributed by atoms with Crippen LogP contribution in [0.3, 0.4) is 0 Å². The number of aliphatic imine (C=N–C) groups is 1. The van der Waals surface area contributed by atoms with E-state index in [0.29, 0.717) is 38.2 Å². The highest BCUT2D eigenvalue weighted by molar-refractivity contribution is 5.79. The van der Waals surface area contributed by atoms with Crippen molar-refractivity contribution in [3.63, 3.8) is 0 Å². The monoisotopic (exact) mass is 379 g/mol. The molecule has 0 bridgehead atoms. The van der Waals surface area contributed by atoms with Crippen molar-refractivity contribution in [3.05, 3.63) is 29.8 Å². The highest BCUT2D eigenvalue weighted by atomic mass is 16.5. The Morgan fingerprint density at radius 2 is 1.85 bits per heavy atom. The number of para-hydroxylation sites is 1. The van der Waals surface area contributed by atoms with E-state index in [4.69, 9.17) is 9.47 Å². The predicted molar refractivity (Wildman–Crippen MR) is 111 cm³/mol. The van der Waals surface area contributed by atoms with Gasteiger partial charge in [-0.15, -0.1) is 0 Å². The first-order chi connectivity index (χ1) is 12.7. The minimum atomic E-state index is -0.580. The molecule has 1 aromatic carbocycles. The number of benzene rings is 1. The summed E-state index contributed by atoms with van der Waals surface area (Å²) in [5.41, 5.74) is 0.758. The van der Waals surface area contributed by atoms with Crippen molar-refractivity contribution < 1.29 is 14.6 Å². The summed E-state index contributed by atoms with van der Waals surface area (Å²) < 4.78 is 11.5. The molecule has 0 saturated carbocycles. The van der Waals surface area contributed by atoms with E-state index in [-0.39, 0.29) is 5.60 Å². The highest BCUT2D eigenvalue weighted by Gasteiger charge is 2.14. The van der Waals surface area contributed by atoms with E-state index < -0.39 is 6.10 Å². The third kappa shape index (κ3) is 10.8. The van der Waals surface area contributed by atoms with Crippen LogP contribution in [0.2, 0.25) is 0 Å². The minimum Gasteiger partial charge on any atom is -0.488 e. The summed E-state index contributed by atoms with van der Waals surface area (Å²) in [5.74, 6) is 1.96. The van der Waals surface area contributed by atoms with Gasteiger partial charge in [0.1, 0.15) is 11.4 Å². The number of aliphatic hydroxyl groups excluding tert-OH is 1. The molecule has 0 aliphatic heterocycles. The van der Waals surface area contributed by atoms with Gasteiger partial charge in [0.15, 0.2) is 5.96 Å². The van der Waals surface area contributed by atoms with E-state index in [1.165, 1.54) is 0 Å². The van der Waals surface area contributed by atoms with Crippen LogP contribution in [0.15, 0.2) is 29.3 Å². The van der Waals surface area contributed by atoms with E-state index in [9.17, 15) is 5.11 Å². The lowest BCUT2D eigenvalue weighted by Crippen LogP contribution is -2.42. The van der Waals surface area contributed by atoms with Gasteiger partial charge in [-0.2, -0.15) is 0 Å². The second-order valence-electron chi connectivity index (χ2n) is 7.98. The summed E-state index contributed by atoms with van der Waals surface area (Å²) in [7, 11) is 0. The third-order valence-corrected chi connectivity index (χ3v) is 3.41. The Balaban J connectivity index is 2.64. The Bertz CT molecular complexity index is 568. The molecule has 6 heteroatoms. The molecule has 0 spiro atoms. The van der Waals surface area contributed by atoms with Crippen LogP contribution in [0.25, 0.3) is 0 Å². The van der Waals surface area contributed by atoms with Gasteiger partial charge in [-0.25, -0.2) is 4.99 Å². The molecule has 0 aliphatic carbocycles. The Labute approximate surface area is 164 Å². The van der Waals surface area contributed by atoms with Crippen LogP contribution in [-0.4, -0.2) is 49.1 Å². The van der Waals surface area contributed by atoms with Gasteiger partial charge < -0.3 is 25.2 Å². The first-order valence-electron chi connectivity index (χ1n) is 9.76. The Morgan fingerprint density at radius 3 is 2.48 bits per heavy atom. The summed E-state index contributed by atoms with van der Waals surface area (Å²) in [6, 6.07) is 7.93. The Morgan fingerprint density at radius 1 is 1.15 bits per heavy atom. The van der Waals surface area contributed by atoms with Crippen molar-refractivity contribution in [1.29, 1.82) is 0 Å². The van der Waals surface area contributed by atoms with Gasteiger partial charge in [0, 0.05) is 25.3 Å². The lowest BCUT2D eigenvalue weighted by Gasteiger charge is -2.23. The molecule has 0 aliphatic rings. The normalized spacial score (nSPS) is 13.6. The van der Waals surface area contributed by atoms with Gasteiger partial charge >= 0.3 is 0 Å². The maximum absolute atomic E-state index is 10.0. The molecule has 0 heterocycles. The molecule has 3 N–H and O–H groups in total. The van der Waals surface area contributed by atoms with Crippen molar-refractivity contribution in [2.75, 3.05) is 26.3 Å². The van der Waals surface area contributed by atoms with E-state index in [2.05, 4.69) is 29.5 Å². The van der Waals surface area contributed by atoms with E-state index in [0.717, 1.165) is 17.9 Å². The molecule has 6 nitrogen and oxygen atoms in total. The Hall–Kier alpha value is -1.79. The van der Waals surface area contributed by atoms with E-state index >= 15 is 0 Å². The molecule has 27 heavy (non-hydrogen) atoms. The van der Waals surface area contributed by atoms with Crippen molar-refractivity contribution in [2.24, 2.45) is 10.9 Å². The van der Waals surface area contributed by atoms with Crippen molar-refractivity contribution in [2.45, 2.75) is 59.8 Å². The molecule has 1 unspecified atom stereocenters. The van der Waals surface area contributed by atoms with Crippen LogP contribution in [0.1, 0.15) is 47.1 Å². The quantitative estimate of drug-likeness (QED) is 0.430. The third-order valence-electron chi connectivity index (χ3n) is 3.41. The zero-order valence-corrected chi connectivity index (χ0v) is 17.7. The van der Waals surface area contributed by atoms with Crippen LogP contribution < -0.4 is 15.4 Å². The van der Waals surface area contributed by atoms with Crippen LogP contribution in [-0.2, 0) is 11.3 Å². The zero-order chi connectivity index (χ0) is 20.3. The fourth-order valence-electron chi connectivity index (χ4n) is 2.28. The van der Waals surface area contributed by atoms with E-state index in [1.807, 2.05) is 52.0 Å². The fourth-order valence-corrected chi connectivity index (χ4v) is 2.28. The molecule has 1 aromatic rings. The second kappa shape index (κ2) is 11.8. The number of ether oxygens (including phenoxy) is 2. The number of nitrogens with one attached hydrogen (secondary N) is 2. The lowest BCUT2D eigenvalue weighted by molar-refractivity contribution is 0.0280. The number of nitrogens with zero attached hydrogens (tertiary/aromatic N) is 1. The second-order valence-corrected chi connectivity index (χ2v) is 7.98. The molecule has 154 valence electrons. The first kappa shape index (κ1) is 23.2. The van der Waals surface area contributed by atoms with E-state index in [1.54, 1.807) is 0 Å². The van der Waals surface area contributed by atoms with Gasteiger partial charge in [0.05, 0.1) is 19.3 Å². The van der Waals surface area contributed by atoms with Crippen LogP contribution in [0.4, 0.5) is 0 Å². The van der Waals surface area contributed by atoms with Gasteiger partial charge in [-0.1, -0.05) is 32.0 Å². The van der Waals surface area contributed by atoms with Gasteiger partial charge in [-0.3, -0.25) is 0 Å². The summed E-state index contributed by atoms with van der Waals surface area (Å²) in [6.45, 7) is 14.8. The summed E-state index contributed by atoms with van der Waals surface area (Å²) in [4.78, 5) is 4.62. The van der Waals surface area contributed by atoms with Gasteiger partial charge in [0.2, 0.25) is 0 Å². The number of guanidine groups is 1. The number of hydrogen-bond donors (Lipinski definition) is 3. The summed E-state index contributed by atoms with van der Waals surface area (Å²) in [6.07, 6.45) is -0.580. The SMILES string of the molecule is CCNC(=NCc1ccccc1OC(C)(C)C)NCC(O)COCC(C)C. The van der Waals surface area contributed by atoms with Crippen molar-refractivity contribution in [3.8, 4) is 5.75 Å². The maximum atomic E-state index is 10.0. The number of hydrogen-bond acceptors (Lipinski definition) is 4. The molecular formula is C21H37N3O3. The predicted octanol–water partition coefficient (Wildman–Crippen LogP) is 2.95. The van der Waals surface area contributed by atoms with Crippen LogP contribution in [0.5, 0.6) is 5.75 Å². The highest BCUT2D eigenvalue weighted by Crippen LogP contribution is 2.23. The maximum Gasteiger partial charge on any atom is 0.191 e. The molecule has 1 rings (SSSR count). The largest absolute Gasteiger partial charge is 0.488 e.